The molecule has 2 N–H and O–H groups in total. The maximum atomic E-state index is 12.2. The molecule has 136 valence electrons. The van der Waals surface area contributed by atoms with Crippen molar-refractivity contribution in [3.8, 4) is 23.2 Å². The molecule has 1 amide bonds. The largest absolute Gasteiger partial charge is 0.478 e. The highest BCUT2D eigenvalue weighted by molar-refractivity contribution is 5.91. The van der Waals surface area contributed by atoms with E-state index in [1.165, 1.54) is 12.4 Å². The topological polar surface area (TPSA) is 126 Å². The van der Waals surface area contributed by atoms with E-state index in [0.29, 0.717) is 35.0 Å². The van der Waals surface area contributed by atoms with E-state index < -0.39 is 5.91 Å². The van der Waals surface area contributed by atoms with Gasteiger partial charge in [0.05, 0.1) is 36.0 Å². The Bertz CT molecular complexity index is 962. The van der Waals surface area contributed by atoms with Crippen LogP contribution >= 0.6 is 0 Å². The van der Waals surface area contributed by atoms with Crippen molar-refractivity contribution in [3.63, 3.8) is 0 Å². The number of H-pyrrole nitrogens is 1. The monoisotopic (exact) mass is 364 g/mol. The van der Waals surface area contributed by atoms with Gasteiger partial charge in [-0.2, -0.15) is 5.26 Å². The highest BCUT2D eigenvalue weighted by Gasteiger charge is 2.11. The molecule has 0 aromatic carbocycles. The molecule has 0 aliphatic heterocycles. The van der Waals surface area contributed by atoms with Gasteiger partial charge in [-0.15, -0.1) is 0 Å². The van der Waals surface area contributed by atoms with Gasteiger partial charge in [0, 0.05) is 24.0 Å². The van der Waals surface area contributed by atoms with Gasteiger partial charge in [-0.3, -0.25) is 14.6 Å². The van der Waals surface area contributed by atoms with Crippen LogP contribution in [0.2, 0.25) is 0 Å². The van der Waals surface area contributed by atoms with Gasteiger partial charge in [-0.25, -0.2) is 15.4 Å². The third-order valence-electron chi connectivity index (χ3n) is 3.53. The molecule has 3 aromatic heterocycles. The lowest BCUT2D eigenvalue weighted by Gasteiger charge is -2.07. The third-order valence-corrected chi connectivity index (χ3v) is 3.53. The van der Waals surface area contributed by atoms with Gasteiger partial charge in [0.25, 0.3) is 5.91 Å². The number of aromatic nitrogens is 4. The zero-order chi connectivity index (χ0) is 19.1. The number of ether oxygens (including phenoxy) is 1. The number of nitrogens with zero attached hydrogens (tertiary/aromatic N) is 4. The Labute approximate surface area is 155 Å². The molecule has 3 rings (SSSR count). The van der Waals surface area contributed by atoms with Gasteiger partial charge in [0.2, 0.25) is 5.88 Å². The Balaban J connectivity index is 1.64. The fourth-order valence-electron chi connectivity index (χ4n) is 2.23. The van der Waals surface area contributed by atoms with Crippen LogP contribution in [0.25, 0.3) is 11.3 Å². The van der Waals surface area contributed by atoms with E-state index in [2.05, 4.69) is 25.4 Å². The van der Waals surface area contributed by atoms with Crippen molar-refractivity contribution >= 4 is 5.91 Å². The second kappa shape index (κ2) is 8.55. The van der Waals surface area contributed by atoms with Crippen molar-refractivity contribution in [2.45, 2.75) is 13.5 Å². The molecule has 9 heteroatoms. The van der Waals surface area contributed by atoms with Crippen LogP contribution in [0.4, 0.5) is 0 Å². The molecule has 27 heavy (non-hydrogen) atoms. The van der Waals surface area contributed by atoms with Gasteiger partial charge in [-0.05, 0) is 19.1 Å². The van der Waals surface area contributed by atoms with Gasteiger partial charge in [-0.1, -0.05) is 0 Å². The van der Waals surface area contributed by atoms with Crippen LogP contribution in [0.15, 0.2) is 43.0 Å². The summed E-state index contributed by atoms with van der Waals surface area (Å²) in [6, 6.07) is 7.16. The highest BCUT2D eigenvalue weighted by Crippen LogP contribution is 2.18. The second-order valence-corrected chi connectivity index (χ2v) is 5.31. The minimum absolute atomic E-state index is 0.0254. The first-order valence-corrected chi connectivity index (χ1v) is 8.11. The Kier molecular flexibility index (Phi) is 5.71. The van der Waals surface area contributed by atoms with Crippen LogP contribution in [0.5, 0.6) is 5.88 Å². The average molecular weight is 364 g/mol. The number of pyridine rings is 1. The second-order valence-electron chi connectivity index (χ2n) is 5.31. The van der Waals surface area contributed by atoms with Crippen LogP contribution in [-0.2, 0) is 11.4 Å². The predicted molar refractivity (Wildman–Crippen MR) is 94.2 cm³/mol. The van der Waals surface area contributed by atoms with Gasteiger partial charge in [0.1, 0.15) is 18.4 Å². The number of carbonyl (C=O) groups excluding carboxylic acids is 1. The number of nitriles is 1. The molecule has 9 nitrogen and oxygen atoms in total. The molecule has 3 aromatic rings. The van der Waals surface area contributed by atoms with Gasteiger partial charge in [0.15, 0.2) is 0 Å². The molecule has 0 radical (unpaired) electrons. The lowest BCUT2D eigenvalue weighted by Crippen LogP contribution is -2.25. The predicted octanol–water partition coefficient (Wildman–Crippen LogP) is 2.00. The quantitative estimate of drug-likeness (QED) is 0.614. The smallest absolute Gasteiger partial charge is 0.295 e. The number of aromatic amines is 1. The lowest BCUT2D eigenvalue weighted by molar-refractivity contribution is 0.0218. The molecule has 0 spiro atoms. The number of rotatable bonds is 7. The van der Waals surface area contributed by atoms with Crippen molar-refractivity contribution in [3.05, 3.63) is 59.9 Å². The van der Waals surface area contributed by atoms with Crippen LogP contribution in [-0.4, -0.2) is 32.4 Å². The van der Waals surface area contributed by atoms with Crippen LogP contribution in [0, 0.1) is 11.3 Å². The van der Waals surface area contributed by atoms with Gasteiger partial charge < -0.3 is 9.72 Å². The molecule has 0 saturated carbocycles. The summed E-state index contributed by atoms with van der Waals surface area (Å²) in [6.45, 7) is 2.43. The molecule has 0 atom stereocenters. The Morgan fingerprint density at radius 3 is 2.93 bits per heavy atom. The van der Waals surface area contributed by atoms with E-state index in [9.17, 15) is 4.79 Å². The summed E-state index contributed by atoms with van der Waals surface area (Å²) in [5.74, 6) is -0.0362. The number of hydroxylamine groups is 1. The maximum absolute atomic E-state index is 12.2. The third kappa shape index (κ3) is 4.45. The van der Waals surface area contributed by atoms with E-state index in [4.69, 9.17) is 14.8 Å². The Morgan fingerprint density at radius 1 is 1.30 bits per heavy atom. The number of amides is 1. The number of hydrogen-bond acceptors (Lipinski definition) is 7. The van der Waals surface area contributed by atoms with E-state index in [1.54, 1.807) is 30.6 Å². The zero-order valence-corrected chi connectivity index (χ0v) is 14.5. The summed E-state index contributed by atoms with van der Waals surface area (Å²) in [5, 5.41) is 8.94. The summed E-state index contributed by atoms with van der Waals surface area (Å²) < 4.78 is 5.30. The molecular formula is C18H16N6O3. The van der Waals surface area contributed by atoms with E-state index in [0.717, 1.165) is 0 Å². The van der Waals surface area contributed by atoms with Crippen LogP contribution in [0.1, 0.15) is 28.7 Å². The molecule has 0 bridgehead atoms. The molecule has 0 aliphatic rings. The molecule has 0 aliphatic carbocycles. The first kappa shape index (κ1) is 18.0. The molecule has 0 fully saturated rings. The van der Waals surface area contributed by atoms with Gasteiger partial charge >= 0.3 is 0 Å². The van der Waals surface area contributed by atoms with E-state index in [1.807, 2.05) is 13.0 Å². The van der Waals surface area contributed by atoms with Crippen molar-refractivity contribution in [2.75, 3.05) is 6.61 Å². The first-order valence-electron chi connectivity index (χ1n) is 8.11. The average Bonchev–Trinajstić information content (AvgIpc) is 3.16. The Hall–Kier alpha value is -3.77. The fraction of sp³-hybridized carbons (Fsp3) is 0.167. The fourth-order valence-corrected chi connectivity index (χ4v) is 2.23. The summed E-state index contributed by atoms with van der Waals surface area (Å²) in [5.41, 5.74) is 4.59. The summed E-state index contributed by atoms with van der Waals surface area (Å²) in [7, 11) is 0. The van der Waals surface area contributed by atoms with E-state index >= 15 is 0 Å². The maximum Gasteiger partial charge on any atom is 0.295 e. The normalized spacial score (nSPS) is 10.2. The standard InChI is InChI=1S/C18H16N6O3/c1-2-26-17-4-3-13(8-22-17)14-9-20-10-15(23-14)18(25)24-27-11-16-12(7-19)5-6-21-16/h3-6,8-10,21H,2,11H2,1H3,(H,24,25). The van der Waals surface area contributed by atoms with Crippen molar-refractivity contribution < 1.29 is 14.4 Å². The van der Waals surface area contributed by atoms with Crippen molar-refractivity contribution in [2.24, 2.45) is 0 Å². The zero-order valence-electron chi connectivity index (χ0n) is 14.5. The van der Waals surface area contributed by atoms with Crippen molar-refractivity contribution in [1.82, 2.24) is 25.4 Å². The molecule has 0 saturated heterocycles. The molecular weight excluding hydrogens is 348 g/mol. The van der Waals surface area contributed by atoms with Crippen molar-refractivity contribution in [1.29, 1.82) is 5.26 Å². The first-order chi connectivity index (χ1) is 13.2. The number of carbonyl (C=O) groups is 1. The molecule has 0 unspecified atom stereocenters. The summed E-state index contributed by atoms with van der Waals surface area (Å²) in [6.07, 6.45) is 6.09. The molecule has 3 heterocycles. The van der Waals surface area contributed by atoms with Crippen LogP contribution < -0.4 is 10.2 Å². The summed E-state index contributed by atoms with van der Waals surface area (Å²) in [4.78, 5) is 32.7. The highest BCUT2D eigenvalue weighted by atomic mass is 16.7. The number of nitrogens with one attached hydrogen (secondary N) is 2. The van der Waals surface area contributed by atoms with E-state index in [-0.39, 0.29) is 12.3 Å². The lowest BCUT2D eigenvalue weighted by atomic mass is 10.2. The van der Waals surface area contributed by atoms with Crippen LogP contribution in [0.3, 0.4) is 0 Å². The minimum Gasteiger partial charge on any atom is -0.478 e. The summed E-state index contributed by atoms with van der Waals surface area (Å²) >= 11 is 0. The minimum atomic E-state index is -0.548. The number of hydrogen-bond donors (Lipinski definition) is 2. The SMILES string of the molecule is CCOc1ccc(-c2cncc(C(=O)NOCc3[nH]ccc3C#N)n2)cn1. The Morgan fingerprint density at radius 2 is 2.19 bits per heavy atom.